The molecule has 1 spiro atoms. The maximum atomic E-state index is 5.99. The molecule has 0 aromatic rings. The Bertz CT molecular complexity index is 537. The number of rotatable bonds is 3. The van der Waals surface area contributed by atoms with Crippen LogP contribution in [0, 0.1) is 23.2 Å². The van der Waals surface area contributed by atoms with Crippen LogP contribution in [-0.4, -0.2) is 84.8 Å². The molecule has 4 nitrogen and oxygen atoms in total. The van der Waals surface area contributed by atoms with Crippen molar-refractivity contribution in [3.05, 3.63) is 0 Å². The number of hydrogen-bond acceptors (Lipinski definition) is 4. The Morgan fingerprint density at radius 2 is 1.50 bits per heavy atom. The van der Waals surface area contributed by atoms with Crippen molar-refractivity contribution in [1.29, 1.82) is 0 Å². The van der Waals surface area contributed by atoms with Crippen molar-refractivity contribution < 1.29 is 4.74 Å². The topological polar surface area (TPSA) is 19.0 Å². The fraction of sp³-hybridized carbons (Fsp3) is 1.00. The fourth-order valence-electron chi connectivity index (χ4n) is 6.44. The zero-order valence-electron chi connectivity index (χ0n) is 19.5. The Labute approximate surface area is 174 Å². The van der Waals surface area contributed by atoms with Crippen molar-refractivity contribution >= 4 is 0 Å². The van der Waals surface area contributed by atoms with Gasteiger partial charge in [0.2, 0.25) is 0 Å². The van der Waals surface area contributed by atoms with Crippen LogP contribution in [0.2, 0.25) is 0 Å². The average molecular weight is 392 g/mol. The predicted molar refractivity (Wildman–Crippen MR) is 117 cm³/mol. The molecule has 4 heterocycles. The summed E-state index contributed by atoms with van der Waals surface area (Å²) in [6.45, 7) is 25.3. The van der Waals surface area contributed by atoms with E-state index in [4.69, 9.17) is 4.74 Å². The molecule has 4 unspecified atom stereocenters. The van der Waals surface area contributed by atoms with Crippen LogP contribution >= 0.6 is 0 Å². The van der Waals surface area contributed by atoms with Gasteiger partial charge in [0.15, 0.2) is 0 Å². The number of hydrogen-bond donors (Lipinski definition) is 0. The van der Waals surface area contributed by atoms with Crippen LogP contribution in [-0.2, 0) is 4.74 Å². The van der Waals surface area contributed by atoms with Crippen LogP contribution < -0.4 is 0 Å². The number of nitrogens with zero attached hydrogens (tertiary/aromatic N) is 3. The van der Waals surface area contributed by atoms with Crippen molar-refractivity contribution in [2.24, 2.45) is 23.2 Å². The van der Waals surface area contributed by atoms with Gasteiger partial charge in [-0.05, 0) is 97.1 Å². The average Bonchev–Trinajstić information content (AvgIpc) is 3.26. The van der Waals surface area contributed by atoms with E-state index in [0.29, 0.717) is 16.5 Å². The van der Waals surface area contributed by atoms with E-state index in [1.165, 1.54) is 65.1 Å². The Morgan fingerprint density at radius 1 is 0.857 bits per heavy atom. The minimum atomic E-state index is 0.303. The number of likely N-dealkylation sites (tertiary alicyclic amines) is 3. The summed E-state index contributed by atoms with van der Waals surface area (Å²) < 4.78 is 5.99. The third kappa shape index (κ3) is 4.17. The number of fused-ring (bicyclic) bond motifs is 1. The maximum absolute atomic E-state index is 5.99. The molecule has 28 heavy (non-hydrogen) atoms. The Kier molecular flexibility index (Phi) is 5.66. The van der Waals surface area contributed by atoms with Crippen molar-refractivity contribution in [3.8, 4) is 0 Å². The third-order valence-corrected chi connectivity index (χ3v) is 8.57. The molecular weight excluding hydrogens is 346 g/mol. The Morgan fingerprint density at radius 3 is 2.07 bits per heavy atom. The highest BCUT2D eigenvalue weighted by Gasteiger charge is 2.48. The highest BCUT2D eigenvalue weighted by atomic mass is 16.5. The molecular formula is C24H45N3O. The summed E-state index contributed by atoms with van der Waals surface area (Å²) in [6.07, 6.45) is 3.99. The molecule has 4 saturated heterocycles. The van der Waals surface area contributed by atoms with E-state index in [1.807, 2.05) is 0 Å². The smallest absolute Gasteiger partial charge is 0.0500 e. The van der Waals surface area contributed by atoms with E-state index in [0.717, 1.165) is 31.0 Å². The molecule has 0 aliphatic carbocycles. The zero-order chi connectivity index (χ0) is 20.2. The first kappa shape index (κ1) is 21.1. The molecule has 162 valence electrons. The fourth-order valence-corrected chi connectivity index (χ4v) is 6.44. The summed E-state index contributed by atoms with van der Waals surface area (Å²) in [5, 5.41) is 0. The van der Waals surface area contributed by atoms with Crippen LogP contribution in [0.1, 0.15) is 60.8 Å². The van der Waals surface area contributed by atoms with Crippen LogP contribution in [0.4, 0.5) is 0 Å². The quantitative estimate of drug-likeness (QED) is 0.732. The highest BCUT2D eigenvalue weighted by Crippen LogP contribution is 2.47. The van der Waals surface area contributed by atoms with Gasteiger partial charge in [-0.25, -0.2) is 0 Å². The van der Waals surface area contributed by atoms with Crippen LogP contribution in [0.3, 0.4) is 0 Å². The minimum Gasteiger partial charge on any atom is -0.381 e. The van der Waals surface area contributed by atoms with Gasteiger partial charge in [0.1, 0.15) is 0 Å². The second-order valence-electron chi connectivity index (χ2n) is 12.4. The number of ether oxygens (including phenoxy) is 1. The molecule has 0 radical (unpaired) electrons. The molecule has 0 amide bonds. The largest absolute Gasteiger partial charge is 0.381 e. The van der Waals surface area contributed by atoms with E-state index in [-0.39, 0.29) is 0 Å². The first-order chi connectivity index (χ1) is 13.1. The second kappa shape index (κ2) is 7.51. The zero-order valence-corrected chi connectivity index (χ0v) is 19.5. The Balaban J connectivity index is 1.30. The van der Waals surface area contributed by atoms with Crippen LogP contribution in [0.15, 0.2) is 0 Å². The van der Waals surface area contributed by atoms with Crippen molar-refractivity contribution in [2.75, 3.05) is 59.0 Å². The van der Waals surface area contributed by atoms with Gasteiger partial charge in [-0.15, -0.1) is 0 Å². The lowest BCUT2D eigenvalue weighted by atomic mass is 9.70. The van der Waals surface area contributed by atoms with E-state index >= 15 is 0 Å². The SMILES string of the molecule is CC(C)(C)N1CC2CN(CCC3COCCC34CCN(C(C)(C)C)C4)CC2C1. The molecule has 4 atom stereocenters. The normalized spacial score (nSPS) is 38.6. The summed E-state index contributed by atoms with van der Waals surface area (Å²) in [6, 6.07) is 0. The minimum absolute atomic E-state index is 0.303. The van der Waals surface area contributed by atoms with Gasteiger partial charge in [-0.2, -0.15) is 0 Å². The third-order valence-electron chi connectivity index (χ3n) is 8.57. The van der Waals surface area contributed by atoms with Gasteiger partial charge in [0, 0.05) is 50.4 Å². The molecule has 0 saturated carbocycles. The molecule has 4 heteroatoms. The van der Waals surface area contributed by atoms with Gasteiger partial charge in [-0.3, -0.25) is 9.80 Å². The summed E-state index contributed by atoms with van der Waals surface area (Å²) in [4.78, 5) is 8.23. The van der Waals surface area contributed by atoms with Crippen LogP contribution in [0.25, 0.3) is 0 Å². The molecule has 0 aromatic heterocycles. The van der Waals surface area contributed by atoms with E-state index in [2.05, 4.69) is 56.2 Å². The van der Waals surface area contributed by atoms with Gasteiger partial charge >= 0.3 is 0 Å². The monoisotopic (exact) mass is 391 g/mol. The second-order valence-corrected chi connectivity index (χ2v) is 12.4. The predicted octanol–water partition coefficient (Wildman–Crippen LogP) is 3.57. The maximum Gasteiger partial charge on any atom is 0.0500 e. The van der Waals surface area contributed by atoms with Gasteiger partial charge in [0.05, 0.1) is 6.61 Å². The van der Waals surface area contributed by atoms with E-state index in [9.17, 15) is 0 Å². The molecule has 0 N–H and O–H groups in total. The molecule has 4 fully saturated rings. The molecule has 4 rings (SSSR count). The molecule has 4 aliphatic rings. The van der Waals surface area contributed by atoms with Crippen molar-refractivity contribution in [3.63, 3.8) is 0 Å². The van der Waals surface area contributed by atoms with Gasteiger partial charge in [0.25, 0.3) is 0 Å². The highest BCUT2D eigenvalue weighted by molar-refractivity contribution is 5.00. The first-order valence-electron chi connectivity index (χ1n) is 11.9. The van der Waals surface area contributed by atoms with E-state index in [1.54, 1.807) is 0 Å². The summed E-state index contributed by atoms with van der Waals surface area (Å²) in [5.41, 5.74) is 1.16. The first-order valence-corrected chi connectivity index (χ1v) is 11.9. The Hall–Kier alpha value is -0.160. The summed E-state index contributed by atoms with van der Waals surface area (Å²) >= 11 is 0. The summed E-state index contributed by atoms with van der Waals surface area (Å²) in [7, 11) is 0. The van der Waals surface area contributed by atoms with Gasteiger partial charge in [-0.1, -0.05) is 0 Å². The lowest BCUT2D eigenvalue weighted by Gasteiger charge is -2.43. The lowest BCUT2D eigenvalue weighted by molar-refractivity contribution is -0.0461. The molecule has 0 bridgehead atoms. The van der Waals surface area contributed by atoms with Gasteiger partial charge < -0.3 is 9.64 Å². The molecule has 0 aromatic carbocycles. The molecule has 4 aliphatic heterocycles. The van der Waals surface area contributed by atoms with Crippen molar-refractivity contribution in [2.45, 2.75) is 71.9 Å². The van der Waals surface area contributed by atoms with E-state index < -0.39 is 0 Å². The van der Waals surface area contributed by atoms with Crippen LogP contribution in [0.5, 0.6) is 0 Å². The van der Waals surface area contributed by atoms with Crippen molar-refractivity contribution in [1.82, 2.24) is 14.7 Å². The summed E-state index contributed by atoms with van der Waals surface area (Å²) in [5.74, 6) is 2.55. The standard InChI is InChI=1S/C24H45N3O/c1-22(2,3)26-11-8-24(18-26)9-12-28-17-21(24)7-10-25-13-19-15-27(23(4,5)6)16-20(19)14-25/h19-21H,7-18H2,1-6H3. The lowest BCUT2D eigenvalue weighted by Crippen LogP contribution is -2.46.